The number of hydrogen-bond acceptors (Lipinski definition) is 5. The highest BCUT2D eigenvalue weighted by Crippen LogP contribution is 2.38. The minimum Gasteiger partial charge on any atom is -0.350 e. The smallest absolute Gasteiger partial charge is 0.268 e. The van der Waals surface area contributed by atoms with Crippen molar-refractivity contribution in [3.63, 3.8) is 0 Å². The number of aromatic nitrogens is 2. The van der Waals surface area contributed by atoms with Gasteiger partial charge in [0.1, 0.15) is 6.17 Å². The molecule has 0 aliphatic heterocycles. The molecular formula is C28H36FN5O2S. The van der Waals surface area contributed by atoms with Gasteiger partial charge in [-0.25, -0.2) is 9.37 Å². The van der Waals surface area contributed by atoms with Crippen molar-refractivity contribution in [3.8, 4) is 0 Å². The number of thiophene rings is 1. The number of anilines is 1. The Morgan fingerprint density at radius 2 is 1.97 bits per heavy atom. The van der Waals surface area contributed by atoms with Gasteiger partial charge in [-0.15, -0.1) is 11.3 Å². The number of amides is 2. The highest BCUT2D eigenvalue weighted by molar-refractivity contribution is 7.14. The molecule has 0 spiro atoms. The molecule has 1 aliphatic carbocycles. The predicted octanol–water partition coefficient (Wildman–Crippen LogP) is 5.91. The second kappa shape index (κ2) is 10.8. The van der Waals surface area contributed by atoms with Gasteiger partial charge < -0.3 is 15.2 Å². The van der Waals surface area contributed by atoms with Crippen molar-refractivity contribution in [2.75, 3.05) is 5.32 Å². The van der Waals surface area contributed by atoms with Crippen LogP contribution in [-0.4, -0.2) is 33.4 Å². The fourth-order valence-corrected chi connectivity index (χ4v) is 5.15. The molecule has 37 heavy (non-hydrogen) atoms. The fourth-order valence-electron chi connectivity index (χ4n) is 4.32. The molecule has 2 amide bonds. The van der Waals surface area contributed by atoms with E-state index in [1.54, 1.807) is 12.1 Å². The summed E-state index contributed by atoms with van der Waals surface area (Å²) >= 11 is 1.14. The van der Waals surface area contributed by atoms with Gasteiger partial charge in [-0.3, -0.25) is 14.9 Å². The average Bonchev–Trinajstić information content (AvgIpc) is 3.44. The maximum atomic E-state index is 13.7. The lowest BCUT2D eigenvalue weighted by Crippen LogP contribution is -2.44. The average molecular weight is 526 g/mol. The first-order chi connectivity index (χ1) is 17.5. The van der Waals surface area contributed by atoms with E-state index in [1.807, 2.05) is 16.7 Å². The van der Waals surface area contributed by atoms with E-state index >= 15 is 0 Å². The number of nitrogens with one attached hydrogen (secondary N) is 3. The van der Waals surface area contributed by atoms with Crippen LogP contribution in [-0.2, 0) is 11.3 Å². The van der Waals surface area contributed by atoms with Gasteiger partial charge in [-0.05, 0) is 68.0 Å². The Morgan fingerprint density at radius 1 is 1.24 bits per heavy atom. The zero-order valence-electron chi connectivity index (χ0n) is 22.1. The molecule has 0 radical (unpaired) electrons. The van der Waals surface area contributed by atoms with Gasteiger partial charge in [0.05, 0.1) is 15.9 Å². The van der Waals surface area contributed by atoms with Crippen molar-refractivity contribution in [2.45, 2.75) is 78.3 Å². The minimum atomic E-state index is -1.12. The number of carbonyl (C=O) groups excluding carboxylic acids is 2. The van der Waals surface area contributed by atoms with E-state index in [4.69, 9.17) is 4.98 Å². The number of carbonyl (C=O) groups is 2. The lowest BCUT2D eigenvalue weighted by atomic mass is 9.86. The lowest BCUT2D eigenvalue weighted by molar-refractivity contribution is -0.117. The molecule has 3 aromatic rings. The second-order valence-electron chi connectivity index (χ2n) is 10.9. The number of imidazole rings is 1. The van der Waals surface area contributed by atoms with E-state index in [9.17, 15) is 14.0 Å². The molecule has 1 saturated carbocycles. The zero-order valence-corrected chi connectivity index (χ0v) is 22.9. The van der Waals surface area contributed by atoms with Crippen molar-refractivity contribution in [1.82, 2.24) is 20.2 Å². The first-order valence-electron chi connectivity index (χ1n) is 12.7. The van der Waals surface area contributed by atoms with Crippen LogP contribution in [0, 0.1) is 5.41 Å². The van der Waals surface area contributed by atoms with Crippen molar-refractivity contribution in [2.24, 2.45) is 5.41 Å². The zero-order chi connectivity index (χ0) is 26.9. The molecule has 2 heterocycles. The van der Waals surface area contributed by atoms with E-state index in [0.29, 0.717) is 28.3 Å². The monoisotopic (exact) mass is 525 g/mol. The Kier molecular flexibility index (Phi) is 7.85. The summed E-state index contributed by atoms with van der Waals surface area (Å²) in [4.78, 5) is 30.5. The topological polar surface area (TPSA) is 88.1 Å². The molecule has 3 N–H and O–H groups in total. The molecule has 4 rings (SSSR count). The first-order valence-corrected chi connectivity index (χ1v) is 13.5. The normalized spacial score (nSPS) is 19.2. The van der Waals surface area contributed by atoms with Crippen LogP contribution in [0.25, 0.3) is 11.0 Å². The Bertz CT molecular complexity index is 1300. The Balaban J connectivity index is 1.60. The van der Waals surface area contributed by atoms with Crippen molar-refractivity contribution >= 4 is 40.1 Å². The van der Waals surface area contributed by atoms with Gasteiger partial charge in [-0.2, -0.15) is 0 Å². The molecule has 1 aromatic carbocycles. The maximum Gasteiger partial charge on any atom is 0.268 e. The van der Waals surface area contributed by atoms with Gasteiger partial charge in [0, 0.05) is 29.5 Å². The van der Waals surface area contributed by atoms with Crippen LogP contribution in [0.15, 0.2) is 43.0 Å². The third kappa shape index (κ3) is 6.10. The molecule has 2 aromatic heterocycles. The number of rotatable bonds is 9. The predicted molar refractivity (Wildman–Crippen MR) is 148 cm³/mol. The van der Waals surface area contributed by atoms with Gasteiger partial charge in [0.2, 0.25) is 11.9 Å². The van der Waals surface area contributed by atoms with E-state index in [0.717, 1.165) is 40.8 Å². The summed E-state index contributed by atoms with van der Waals surface area (Å²) in [6, 6.07) is 9.91. The van der Waals surface area contributed by atoms with Crippen LogP contribution >= 0.6 is 11.3 Å². The molecule has 7 nitrogen and oxygen atoms in total. The summed E-state index contributed by atoms with van der Waals surface area (Å²) in [6.45, 7) is 14.5. The van der Waals surface area contributed by atoms with Crippen LogP contribution in [0.3, 0.4) is 0 Å². The van der Waals surface area contributed by atoms with Crippen LogP contribution in [0.5, 0.6) is 0 Å². The van der Waals surface area contributed by atoms with Crippen molar-refractivity contribution in [3.05, 3.63) is 58.3 Å². The maximum absolute atomic E-state index is 13.7. The SMILES string of the molecule is C=CC(=O)NC1CC(n2c(NC(=O)c3ccc(C(C)F)s3)nc3cc(CN[C@@H](C)C(C)(C)C)ccc32)C1. The van der Waals surface area contributed by atoms with Gasteiger partial charge in [-0.1, -0.05) is 33.4 Å². The lowest BCUT2D eigenvalue weighted by Gasteiger charge is -2.37. The minimum absolute atomic E-state index is 0.0461. The van der Waals surface area contributed by atoms with Gasteiger partial charge in [0.15, 0.2) is 0 Å². The Morgan fingerprint density at radius 3 is 2.59 bits per heavy atom. The molecular weight excluding hydrogens is 489 g/mol. The number of alkyl halides is 1. The number of fused-ring (bicyclic) bond motifs is 1. The van der Waals surface area contributed by atoms with Gasteiger partial charge in [0.25, 0.3) is 5.91 Å². The number of halogens is 1. The molecule has 1 aliphatic rings. The van der Waals surface area contributed by atoms with E-state index in [1.165, 1.54) is 13.0 Å². The summed E-state index contributed by atoms with van der Waals surface area (Å²) in [6.07, 6.45) is 1.60. The molecule has 1 fully saturated rings. The quantitative estimate of drug-likeness (QED) is 0.303. The third-order valence-corrected chi connectivity index (χ3v) is 8.38. The van der Waals surface area contributed by atoms with Crippen LogP contribution in [0.2, 0.25) is 0 Å². The summed E-state index contributed by atoms with van der Waals surface area (Å²) < 4.78 is 15.7. The molecule has 0 bridgehead atoms. The van der Waals surface area contributed by atoms with Crippen LogP contribution in [0.1, 0.15) is 79.8 Å². The van der Waals surface area contributed by atoms with Crippen LogP contribution < -0.4 is 16.0 Å². The third-order valence-electron chi connectivity index (χ3n) is 7.14. The van der Waals surface area contributed by atoms with Crippen molar-refractivity contribution < 1.29 is 14.0 Å². The first kappa shape index (κ1) is 27.0. The number of hydrogen-bond donors (Lipinski definition) is 3. The molecule has 2 atom stereocenters. The molecule has 1 unspecified atom stereocenters. The summed E-state index contributed by atoms with van der Waals surface area (Å²) in [5.41, 5.74) is 2.97. The fraction of sp³-hybridized carbons (Fsp3) is 0.464. The summed E-state index contributed by atoms with van der Waals surface area (Å²) in [5.74, 6) is -0.0511. The molecule has 0 saturated heterocycles. The molecule has 9 heteroatoms. The largest absolute Gasteiger partial charge is 0.350 e. The molecule has 198 valence electrons. The summed E-state index contributed by atoms with van der Waals surface area (Å²) in [7, 11) is 0. The second-order valence-corrected chi connectivity index (χ2v) is 12.0. The van der Waals surface area contributed by atoms with E-state index in [-0.39, 0.29) is 29.3 Å². The van der Waals surface area contributed by atoms with Crippen LogP contribution in [0.4, 0.5) is 10.3 Å². The summed E-state index contributed by atoms with van der Waals surface area (Å²) in [5, 5.41) is 9.47. The van der Waals surface area contributed by atoms with E-state index < -0.39 is 6.17 Å². The Hall–Kier alpha value is -3.04. The van der Waals surface area contributed by atoms with Crippen molar-refractivity contribution in [1.29, 1.82) is 0 Å². The highest BCUT2D eigenvalue weighted by atomic mass is 32.1. The number of benzene rings is 1. The standard InChI is InChI=1S/C28H36FN5O2S/c1-7-25(35)31-19-13-20(14-19)34-22-9-8-18(15-30-17(3)28(4,5)6)12-21(22)32-27(34)33-26(36)24-11-10-23(37-24)16(2)29/h7-12,16-17,19-20,30H,1,13-15H2,2-6H3,(H,31,35)(H,32,33,36)/t16?,17-,19?,20?/m0/s1. The highest BCUT2D eigenvalue weighted by Gasteiger charge is 2.34. The Labute approximate surface area is 221 Å². The number of nitrogens with zero attached hydrogens (tertiary/aromatic N) is 2. The van der Waals surface area contributed by atoms with Gasteiger partial charge >= 0.3 is 0 Å². The van der Waals surface area contributed by atoms with E-state index in [2.05, 4.69) is 56.3 Å².